The zero-order chi connectivity index (χ0) is 13.7. The highest BCUT2D eigenvalue weighted by Crippen LogP contribution is 2.29. The zero-order valence-electron chi connectivity index (χ0n) is 10.8. The molecule has 2 rings (SSSR count). The molecule has 0 aliphatic rings. The molecule has 102 valence electrons. The summed E-state index contributed by atoms with van der Waals surface area (Å²) < 4.78 is 11.3. The van der Waals surface area contributed by atoms with E-state index in [0.717, 1.165) is 15.7 Å². The Kier molecular flexibility index (Phi) is 5.73. The number of ether oxygens (including phenoxy) is 2. The van der Waals surface area contributed by atoms with Crippen molar-refractivity contribution < 1.29 is 9.47 Å². The third-order valence-corrected chi connectivity index (χ3v) is 5.07. The molecule has 0 spiro atoms. The lowest BCUT2D eigenvalue weighted by atomic mass is 10.2. The lowest BCUT2D eigenvalue weighted by Crippen LogP contribution is -2.02. The number of methoxy groups -OCH3 is 2. The molecule has 0 saturated heterocycles. The minimum absolute atomic E-state index is 0.296. The van der Waals surface area contributed by atoms with Gasteiger partial charge in [0.1, 0.15) is 0 Å². The van der Waals surface area contributed by atoms with Gasteiger partial charge in [0, 0.05) is 35.3 Å². The number of thiophene rings is 1. The fourth-order valence-corrected chi connectivity index (χ4v) is 3.70. The number of benzene rings is 1. The fraction of sp³-hybridized carbons (Fsp3) is 0.286. The summed E-state index contributed by atoms with van der Waals surface area (Å²) >= 11 is 9.33. The molecule has 0 amide bonds. The van der Waals surface area contributed by atoms with Gasteiger partial charge in [0.2, 0.25) is 0 Å². The summed E-state index contributed by atoms with van der Waals surface area (Å²) in [5.41, 5.74) is 1.02. The average Bonchev–Trinajstić information content (AvgIpc) is 2.85. The smallest absolute Gasteiger partial charge is 0.183 e. The van der Waals surface area contributed by atoms with Crippen LogP contribution in [0.3, 0.4) is 0 Å². The van der Waals surface area contributed by atoms with Gasteiger partial charge in [-0.05, 0) is 24.3 Å². The molecule has 0 bridgehead atoms. The molecule has 5 heteroatoms. The van der Waals surface area contributed by atoms with Gasteiger partial charge in [-0.3, -0.25) is 0 Å². The average molecular weight is 315 g/mol. The summed E-state index contributed by atoms with van der Waals surface area (Å²) in [4.78, 5) is 2.50. The van der Waals surface area contributed by atoms with Gasteiger partial charge in [0.15, 0.2) is 6.29 Å². The van der Waals surface area contributed by atoms with E-state index in [1.165, 1.54) is 9.77 Å². The van der Waals surface area contributed by atoms with Crippen LogP contribution in [0.25, 0.3) is 0 Å². The third kappa shape index (κ3) is 4.23. The van der Waals surface area contributed by atoms with Gasteiger partial charge >= 0.3 is 0 Å². The molecule has 0 radical (unpaired) electrons. The maximum atomic E-state index is 5.91. The molecule has 0 saturated carbocycles. The number of rotatable bonds is 6. The predicted molar refractivity (Wildman–Crippen MR) is 82.1 cm³/mol. The van der Waals surface area contributed by atoms with Crippen LogP contribution < -0.4 is 0 Å². The Morgan fingerprint density at radius 3 is 2.32 bits per heavy atom. The molecule has 19 heavy (non-hydrogen) atoms. The van der Waals surface area contributed by atoms with E-state index in [9.17, 15) is 0 Å². The van der Waals surface area contributed by atoms with E-state index >= 15 is 0 Å². The van der Waals surface area contributed by atoms with Crippen molar-refractivity contribution in [1.82, 2.24) is 0 Å². The van der Waals surface area contributed by atoms with Crippen molar-refractivity contribution >= 4 is 34.7 Å². The Morgan fingerprint density at radius 2 is 1.79 bits per heavy atom. The Hall–Kier alpha value is -0.520. The van der Waals surface area contributed by atoms with Gasteiger partial charge in [-0.15, -0.1) is 23.1 Å². The molecule has 0 unspecified atom stereocenters. The molecule has 0 aliphatic carbocycles. The van der Waals surface area contributed by atoms with Crippen molar-refractivity contribution in [1.29, 1.82) is 0 Å². The van der Waals surface area contributed by atoms with Crippen molar-refractivity contribution in [2.75, 3.05) is 14.2 Å². The van der Waals surface area contributed by atoms with Crippen LogP contribution in [0, 0.1) is 0 Å². The largest absolute Gasteiger partial charge is 0.352 e. The molecular weight excluding hydrogens is 300 g/mol. The maximum absolute atomic E-state index is 5.91. The lowest BCUT2D eigenvalue weighted by molar-refractivity contribution is -0.106. The van der Waals surface area contributed by atoms with E-state index in [-0.39, 0.29) is 6.29 Å². The minimum Gasteiger partial charge on any atom is -0.352 e. The summed E-state index contributed by atoms with van der Waals surface area (Å²) in [5, 5.41) is 0. The summed E-state index contributed by atoms with van der Waals surface area (Å²) in [7, 11) is 3.27. The topological polar surface area (TPSA) is 18.5 Å². The lowest BCUT2D eigenvalue weighted by Gasteiger charge is -2.13. The van der Waals surface area contributed by atoms with Crippen LogP contribution in [-0.4, -0.2) is 14.2 Å². The first kappa shape index (κ1) is 14.9. The van der Waals surface area contributed by atoms with Crippen molar-refractivity contribution in [3.05, 3.63) is 51.2 Å². The Bertz CT molecular complexity index is 506. The second-order valence-electron chi connectivity index (χ2n) is 3.87. The van der Waals surface area contributed by atoms with E-state index in [1.807, 2.05) is 18.2 Å². The maximum Gasteiger partial charge on any atom is 0.183 e. The highest BCUT2D eigenvalue weighted by Gasteiger charge is 2.08. The van der Waals surface area contributed by atoms with Crippen LogP contribution >= 0.6 is 34.7 Å². The Labute approximate surface area is 126 Å². The monoisotopic (exact) mass is 314 g/mol. The first-order valence-corrected chi connectivity index (χ1v) is 7.93. The van der Waals surface area contributed by atoms with Crippen molar-refractivity contribution in [2.45, 2.75) is 16.9 Å². The van der Waals surface area contributed by atoms with E-state index in [0.29, 0.717) is 0 Å². The summed E-state index contributed by atoms with van der Waals surface area (Å²) in [6, 6.07) is 12.2. The van der Waals surface area contributed by atoms with Crippen molar-refractivity contribution in [2.24, 2.45) is 0 Å². The van der Waals surface area contributed by atoms with Crippen LogP contribution in [0.4, 0.5) is 0 Å². The second kappa shape index (κ2) is 7.31. The highest BCUT2D eigenvalue weighted by atomic mass is 35.5. The third-order valence-electron chi connectivity index (χ3n) is 2.59. The molecule has 2 aromatic rings. The SMILES string of the molecule is COC(OC)c1ccc(SCc2ccc(Cl)s2)cc1. The number of hydrogen-bond acceptors (Lipinski definition) is 4. The van der Waals surface area contributed by atoms with E-state index < -0.39 is 0 Å². The van der Waals surface area contributed by atoms with Gasteiger partial charge in [-0.2, -0.15) is 0 Å². The highest BCUT2D eigenvalue weighted by molar-refractivity contribution is 7.98. The predicted octanol–water partition coefficient (Wildman–Crippen LogP) is 4.99. The zero-order valence-corrected chi connectivity index (χ0v) is 13.1. The molecule has 2 nitrogen and oxygen atoms in total. The Balaban J connectivity index is 1.95. The molecule has 0 atom stereocenters. The summed E-state index contributed by atoms with van der Waals surface area (Å²) in [6.07, 6.45) is -0.296. The van der Waals surface area contributed by atoms with E-state index in [4.69, 9.17) is 21.1 Å². The first-order valence-electron chi connectivity index (χ1n) is 5.75. The molecule has 0 N–H and O–H groups in total. The van der Waals surface area contributed by atoms with Crippen molar-refractivity contribution in [3.63, 3.8) is 0 Å². The summed E-state index contributed by atoms with van der Waals surface area (Å²) in [6.45, 7) is 0. The standard InChI is InChI=1S/C14H15ClO2S2/c1-16-14(17-2)10-3-5-11(6-4-10)18-9-12-7-8-13(15)19-12/h3-8,14H,9H2,1-2H3. The first-order chi connectivity index (χ1) is 9.22. The van der Waals surface area contributed by atoms with Crippen LogP contribution in [0.1, 0.15) is 16.7 Å². The van der Waals surface area contributed by atoms with Crippen LogP contribution in [0.2, 0.25) is 4.34 Å². The normalized spacial score (nSPS) is 11.2. The van der Waals surface area contributed by atoms with Gasteiger partial charge in [0.05, 0.1) is 4.34 Å². The number of thioether (sulfide) groups is 1. The Morgan fingerprint density at radius 1 is 1.11 bits per heavy atom. The molecule has 1 heterocycles. The van der Waals surface area contributed by atoms with E-state index in [1.54, 1.807) is 37.3 Å². The fourth-order valence-electron chi connectivity index (χ4n) is 1.67. The second-order valence-corrected chi connectivity index (χ2v) is 6.72. The molecular formula is C14H15ClO2S2. The molecule has 1 aromatic heterocycles. The van der Waals surface area contributed by atoms with Crippen LogP contribution in [-0.2, 0) is 15.2 Å². The quantitative estimate of drug-likeness (QED) is 0.553. The molecule has 1 aromatic carbocycles. The van der Waals surface area contributed by atoms with Gasteiger partial charge in [-0.1, -0.05) is 23.7 Å². The van der Waals surface area contributed by atoms with Gasteiger partial charge < -0.3 is 9.47 Å². The van der Waals surface area contributed by atoms with Crippen LogP contribution in [0.15, 0.2) is 41.3 Å². The van der Waals surface area contributed by atoms with Crippen LogP contribution in [0.5, 0.6) is 0 Å². The number of halogens is 1. The van der Waals surface area contributed by atoms with Gasteiger partial charge in [-0.25, -0.2) is 0 Å². The summed E-state index contributed by atoms with van der Waals surface area (Å²) in [5.74, 6) is 0.939. The molecule has 0 fully saturated rings. The molecule has 0 aliphatic heterocycles. The van der Waals surface area contributed by atoms with Crippen molar-refractivity contribution in [3.8, 4) is 0 Å². The van der Waals surface area contributed by atoms with Gasteiger partial charge in [0.25, 0.3) is 0 Å². The number of hydrogen-bond donors (Lipinski definition) is 0. The van der Waals surface area contributed by atoms with E-state index in [2.05, 4.69) is 18.2 Å². The minimum atomic E-state index is -0.296.